The second-order valence-corrected chi connectivity index (χ2v) is 5.34. The van der Waals surface area contributed by atoms with Crippen molar-refractivity contribution in [2.45, 2.75) is 20.0 Å². The fourth-order valence-electron chi connectivity index (χ4n) is 2.49. The van der Waals surface area contributed by atoms with Crippen LogP contribution < -0.4 is 4.74 Å². The number of fused-ring (bicyclic) bond motifs is 1. The molecule has 5 heteroatoms. The van der Waals surface area contributed by atoms with Crippen LogP contribution in [0.15, 0.2) is 42.6 Å². The molecule has 3 aromatic rings. The smallest absolute Gasteiger partial charge is 0.120 e. The number of ether oxygens (including phenoxy) is 1. The van der Waals surface area contributed by atoms with E-state index in [0.717, 1.165) is 41.1 Å². The number of nitrogens with zero attached hydrogens (tertiary/aromatic N) is 3. The molecule has 0 saturated carbocycles. The van der Waals surface area contributed by atoms with E-state index in [0.29, 0.717) is 6.61 Å². The van der Waals surface area contributed by atoms with Crippen LogP contribution in [0, 0.1) is 0 Å². The van der Waals surface area contributed by atoms with Gasteiger partial charge in [-0.15, -0.1) is 0 Å². The molecule has 1 aromatic carbocycles. The van der Waals surface area contributed by atoms with Gasteiger partial charge in [0.25, 0.3) is 0 Å². The minimum Gasteiger partial charge on any atom is -0.494 e. The number of H-pyrrole nitrogens is 1. The van der Waals surface area contributed by atoms with Crippen molar-refractivity contribution in [3.63, 3.8) is 0 Å². The lowest BCUT2D eigenvalue weighted by atomic mass is 10.2. The highest BCUT2D eigenvalue weighted by atomic mass is 16.5. The molecule has 0 radical (unpaired) electrons. The zero-order chi connectivity index (χ0) is 15.4. The van der Waals surface area contributed by atoms with Crippen LogP contribution in [0.3, 0.4) is 0 Å². The molecule has 0 saturated heterocycles. The van der Waals surface area contributed by atoms with Crippen molar-refractivity contribution in [2.75, 3.05) is 13.7 Å². The first-order chi connectivity index (χ1) is 10.7. The van der Waals surface area contributed by atoms with Crippen LogP contribution in [0.5, 0.6) is 5.75 Å². The maximum atomic E-state index is 5.52. The summed E-state index contributed by atoms with van der Waals surface area (Å²) in [5.74, 6) is 0.890. The van der Waals surface area contributed by atoms with Gasteiger partial charge >= 0.3 is 0 Å². The van der Waals surface area contributed by atoms with Gasteiger partial charge in [-0.25, -0.2) is 0 Å². The van der Waals surface area contributed by atoms with Crippen LogP contribution in [-0.2, 0) is 13.1 Å². The Labute approximate surface area is 129 Å². The lowest BCUT2D eigenvalue weighted by Crippen LogP contribution is -2.18. The lowest BCUT2D eigenvalue weighted by Gasteiger charge is -2.15. The fraction of sp³-hybridized carbons (Fsp3) is 0.294. The number of nitrogens with one attached hydrogen (secondary N) is 1. The molecule has 5 nitrogen and oxygen atoms in total. The van der Waals surface area contributed by atoms with E-state index in [4.69, 9.17) is 9.72 Å². The van der Waals surface area contributed by atoms with Gasteiger partial charge in [0.15, 0.2) is 0 Å². The van der Waals surface area contributed by atoms with Gasteiger partial charge in [-0.2, -0.15) is 5.10 Å². The molecule has 0 aliphatic heterocycles. The zero-order valence-electron chi connectivity index (χ0n) is 12.9. The van der Waals surface area contributed by atoms with Gasteiger partial charge in [0.05, 0.1) is 17.8 Å². The number of aromatic amines is 1. The average Bonchev–Trinajstić information content (AvgIpc) is 3.00. The Hall–Kier alpha value is -2.40. The van der Waals surface area contributed by atoms with Gasteiger partial charge in [0, 0.05) is 30.4 Å². The summed E-state index contributed by atoms with van der Waals surface area (Å²) in [6, 6.07) is 12.2. The molecule has 0 bridgehead atoms. The molecule has 1 N–H and O–H groups in total. The predicted molar refractivity (Wildman–Crippen MR) is 86.7 cm³/mol. The summed E-state index contributed by atoms with van der Waals surface area (Å²) >= 11 is 0. The molecule has 2 aromatic heterocycles. The highest BCUT2D eigenvalue weighted by molar-refractivity contribution is 5.80. The van der Waals surface area contributed by atoms with Crippen LogP contribution in [0.2, 0.25) is 0 Å². The summed E-state index contributed by atoms with van der Waals surface area (Å²) in [6.07, 6.45) is 1.77. The molecule has 0 spiro atoms. The Morgan fingerprint density at radius 3 is 2.82 bits per heavy atom. The predicted octanol–water partition coefficient (Wildman–Crippen LogP) is 2.99. The molecule has 0 aliphatic carbocycles. The quantitative estimate of drug-likeness (QED) is 0.760. The van der Waals surface area contributed by atoms with Gasteiger partial charge in [-0.1, -0.05) is 6.07 Å². The summed E-state index contributed by atoms with van der Waals surface area (Å²) in [5.41, 5.74) is 3.15. The Kier molecular flexibility index (Phi) is 4.34. The van der Waals surface area contributed by atoms with Crippen LogP contribution >= 0.6 is 0 Å². The molecule has 3 rings (SSSR count). The Bertz CT molecular complexity index is 740. The molecular weight excluding hydrogens is 276 g/mol. The van der Waals surface area contributed by atoms with E-state index in [1.54, 1.807) is 6.20 Å². The van der Waals surface area contributed by atoms with Gasteiger partial charge in [-0.3, -0.25) is 15.0 Å². The van der Waals surface area contributed by atoms with Crippen LogP contribution in [0.1, 0.15) is 18.3 Å². The normalized spacial score (nSPS) is 11.2. The third kappa shape index (κ3) is 3.43. The van der Waals surface area contributed by atoms with Gasteiger partial charge in [0.2, 0.25) is 0 Å². The summed E-state index contributed by atoms with van der Waals surface area (Å²) in [4.78, 5) is 6.93. The molecule has 0 amide bonds. The summed E-state index contributed by atoms with van der Waals surface area (Å²) in [7, 11) is 2.07. The molecule has 2 heterocycles. The van der Waals surface area contributed by atoms with Crippen molar-refractivity contribution in [2.24, 2.45) is 0 Å². The molecule has 0 atom stereocenters. The molecule has 114 valence electrons. The summed E-state index contributed by atoms with van der Waals surface area (Å²) in [5, 5.41) is 8.05. The number of benzene rings is 1. The highest BCUT2D eigenvalue weighted by Crippen LogP contribution is 2.20. The minimum absolute atomic E-state index is 0.676. The van der Waals surface area contributed by atoms with Crippen LogP contribution in [0.25, 0.3) is 10.9 Å². The first kappa shape index (κ1) is 14.5. The van der Waals surface area contributed by atoms with Gasteiger partial charge < -0.3 is 4.74 Å². The van der Waals surface area contributed by atoms with Crippen molar-refractivity contribution >= 4 is 10.9 Å². The number of pyridine rings is 1. The average molecular weight is 296 g/mol. The largest absolute Gasteiger partial charge is 0.494 e. The first-order valence-corrected chi connectivity index (χ1v) is 7.44. The van der Waals surface area contributed by atoms with E-state index >= 15 is 0 Å². The van der Waals surface area contributed by atoms with E-state index in [9.17, 15) is 0 Å². The van der Waals surface area contributed by atoms with E-state index in [-0.39, 0.29) is 0 Å². The van der Waals surface area contributed by atoms with Crippen molar-refractivity contribution in [3.05, 3.63) is 54.0 Å². The highest BCUT2D eigenvalue weighted by Gasteiger charge is 2.05. The third-order valence-electron chi connectivity index (χ3n) is 3.46. The van der Waals surface area contributed by atoms with Crippen LogP contribution in [0.4, 0.5) is 0 Å². The topological polar surface area (TPSA) is 54.0 Å². The second kappa shape index (κ2) is 6.58. The summed E-state index contributed by atoms with van der Waals surface area (Å²) in [6.45, 7) is 4.28. The SMILES string of the molecule is CCOc1ccc2nc(CN(C)Cc3ccn[nH]3)ccc2c1. The van der Waals surface area contributed by atoms with Crippen molar-refractivity contribution in [1.29, 1.82) is 0 Å². The minimum atomic E-state index is 0.676. The van der Waals surface area contributed by atoms with Crippen molar-refractivity contribution < 1.29 is 4.74 Å². The van der Waals surface area contributed by atoms with Crippen molar-refractivity contribution in [1.82, 2.24) is 20.1 Å². The Balaban J connectivity index is 1.72. The van der Waals surface area contributed by atoms with E-state index in [1.165, 1.54) is 0 Å². The van der Waals surface area contributed by atoms with E-state index in [2.05, 4.69) is 34.3 Å². The molecular formula is C17H20N4O. The number of rotatable bonds is 6. The van der Waals surface area contributed by atoms with Gasteiger partial charge in [0.1, 0.15) is 5.75 Å². The molecule has 0 unspecified atom stereocenters. The molecule has 0 fully saturated rings. The maximum Gasteiger partial charge on any atom is 0.120 e. The number of hydrogen-bond donors (Lipinski definition) is 1. The lowest BCUT2D eigenvalue weighted by molar-refractivity contribution is 0.311. The van der Waals surface area contributed by atoms with Crippen molar-refractivity contribution in [3.8, 4) is 5.75 Å². The number of aromatic nitrogens is 3. The maximum absolute atomic E-state index is 5.52. The van der Waals surface area contributed by atoms with Crippen LogP contribution in [-0.4, -0.2) is 33.7 Å². The first-order valence-electron chi connectivity index (χ1n) is 7.44. The monoisotopic (exact) mass is 296 g/mol. The van der Waals surface area contributed by atoms with E-state index < -0.39 is 0 Å². The third-order valence-corrected chi connectivity index (χ3v) is 3.46. The summed E-state index contributed by atoms with van der Waals surface area (Å²) < 4.78 is 5.52. The zero-order valence-corrected chi connectivity index (χ0v) is 12.9. The second-order valence-electron chi connectivity index (χ2n) is 5.34. The van der Waals surface area contributed by atoms with Gasteiger partial charge in [-0.05, 0) is 44.3 Å². The Morgan fingerprint density at radius 1 is 1.14 bits per heavy atom. The van der Waals surface area contributed by atoms with E-state index in [1.807, 2.05) is 31.2 Å². The Morgan fingerprint density at radius 2 is 2.05 bits per heavy atom. The molecule has 0 aliphatic rings. The fourth-order valence-corrected chi connectivity index (χ4v) is 2.49. The number of hydrogen-bond acceptors (Lipinski definition) is 4. The standard InChI is InChI=1S/C17H20N4O/c1-3-22-16-6-7-17-13(10-16)4-5-14(19-17)11-21(2)12-15-8-9-18-20-15/h4-10H,3,11-12H2,1-2H3,(H,18,20). The molecule has 22 heavy (non-hydrogen) atoms.